The zero-order valence-electron chi connectivity index (χ0n) is 32.9. The van der Waals surface area contributed by atoms with Gasteiger partial charge < -0.3 is 19.7 Å². The van der Waals surface area contributed by atoms with Gasteiger partial charge in [-0.15, -0.1) is 0 Å². The van der Waals surface area contributed by atoms with E-state index in [1.807, 2.05) is 12.2 Å². The van der Waals surface area contributed by atoms with E-state index in [0.29, 0.717) is 19.3 Å². The normalized spacial score (nSPS) is 13.8. The van der Waals surface area contributed by atoms with E-state index < -0.39 is 18.2 Å². The van der Waals surface area contributed by atoms with Crippen LogP contribution in [-0.2, 0) is 19.1 Å². The van der Waals surface area contributed by atoms with Gasteiger partial charge in [0, 0.05) is 12.8 Å². The molecule has 50 heavy (non-hydrogen) atoms. The number of ether oxygens (including phenoxy) is 2. The number of rotatable bonds is 37. The first-order valence-electron chi connectivity index (χ1n) is 21.0. The van der Waals surface area contributed by atoms with Crippen molar-refractivity contribution in [3.05, 3.63) is 36.5 Å². The van der Waals surface area contributed by atoms with Gasteiger partial charge in [-0.1, -0.05) is 186 Å². The van der Waals surface area contributed by atoms with E-state index in [4.69, 9.17) is 9.47 Å². The van der Waals surface area contributed by atoms with Crippen LogP contribution in [0.25, 0.3) is 0 Å². The minimum absolute atomic E-state index is 0.162. The second-order valence-electron chi connectivity index (χ2n) is 14.6. The molecule has 0 amide bonds. The molecule has 0 rings (SSSR count). The van der Waals surface area contributed by atoms with E-state index in [0.717, 1.165) is 38.0 Å². The number of esters is 2. The van der Waals surface area contributed by atoms with E-state index in [1.165, 1.54) is 122 Å². The molecule has 0 saturated heterocycles. The Hall–Kier alpha value is -1.92. The molecule has 292 valence electrons. The molecule has 0 aliphatic heterocycles. The lowest BCUT2D eigenvalue weighted by molar-refractivity contribution is -0.152. The highest BCUT2D eigenvalue weighted by Gasteiger charge is 2.12. The molecule has 3 atom stereocenters. The summed E-state index contributed by atoms with van der Waals surface area (Å²) in [6.45, 7) is 6.52. The minimum atomic E-state index is -1.03. The molecule has 0 aliphatic rings. The molecule has 0 saturated carbocycles. The quantitative estimate of drug-likeness (QED) is 0.0289. The van der Waals surface area contributed by atoms with E-state index >= 15 is 0 Å². The number of carbonyl (C=O) groups excluding carboxylic acids is 2. The Morgan fingerprint density at radius 1 is 0.560 bits per heavy atom. The highest BCUT2D eigenvalue weighted by Crippen LogP contribution is 2.16. The number of aliphatic hydroxyl groups is 2. The highest BCUT2D eigenvalue weighted by atomic mass is 16.6. The van der Waals surface area contributed by atoms with Crippen LogP contribution >= 0.6 is 0 Å². The van der Waals surface area contributed by atoms with E-state index in [1.54, 1.807) is 6.08 Å². The molecule has 0 aromatic heterocycles. The first kappa shape index (κ1) is 48.1. The van der Waals surface area contributed by atoms with Gasteiger partial charge in [0.15, 0.2) is 0 Å². The Morgan fingerprint density at radius 2 is 1.06 bits per heavy atom. The van der Waals surface area contributed by atoms with Crippen molar-refractivity contribution in [2.24, 2.45) is 5.92 Å². The van der Waals surface area contributed by atoms with Crippen molar-refractivity contribution in [2.45, 2.75) is 213 Å². The summed E-state index contributed by atoms with van der Waals surface area (Å²) in [5, 5.41) is 20.1. The molecule has 0 fully saturated rings. The van der Waals surface area contributed by atoms with Crippen molar-refractivity contribution in [1.82, 2.24) is 0 Å². The van der Waals surface area contributed by atoms with Gasteiger partial charge in [0.2, 0.25) is 0 Å². The summed E-state index contributed by atoms with van der Waals surface area (Å²) in [7, 11) is 0. The van der Waals surface area contributed by atoms with Crippen LogP contribution in [0.15, 0.2) is 36.5 Å². The van der Waals surface area contributed by atoms with Crippen molar-refractivity contribution in [3.8, 4) is 0 Å². The molecule has 6 nitrogen and oxygen atoms in total. The summed E-state index contributed by atoms with van der Waals surface area (Å²) in [4.78, 5) is 24.0. The second kappa shape index (κ2) is 38.3. The Kier molecular flexibility index (Phi) is 36.8. The van der Waals surface area contributed by atoms with E-state index in [-0.39, 0.29) is 25.6 Å². The average molecular weight is 705 g/mol. The van der Waals surface area contributed by atoms with Crippen molar-refractivity contribution in [1.29, 1.82) is 0 Å². The summed E-state index contributed by atoms with van der Waals surface area (Å²) >= 11 is 0. The Balaban J connectivity index is 3.58. The Morgan fingerprint density at radius 3 is 1.62 bits per heavy atom. The summed E-state index contributed by atoms with van der Waals surface area (Å²) in [6, 6.07) is 0. The van der Waals surface area contributed by atoms with Gasteiger partial charge in [0.25, 0.3) is 0 Å². The van der Waals surface area contributed by atoms with Crippen molar-refractivity contribution in [3.63, 3.8) is 0 Å². The maximum Gasteiger partial charge on any atom is 0.305 e. The van der Waals surface area contributed by atoms with Crippen LogP contribution in [0.5, 0.6) is 0 Å². The predicted octanol–water partition coefficient (Wildman–Crippen LogP) is 12.1. The van der Waals surface area contributed by atoms with Crippen LogP contribution in [0.1, 0.15) is 201 Å². The number of unbranched alkanes of at least 4 members (excludes halogenated alkanes) is 19. The van der Waals surface area contributed by atoms with Crippen LogP contribution in [0.4, 0.5) is 0 Å². The molecule has 0 aromatic rings. The Bertz CT molecular complexity index is 834. The first-order valence-corrected chi connectivity index (χ1v) is 21.0. The Labute approximate surface area is 309 Å². The second-order valence-corrected chi connectivity index (χ2v) is 14.6. The molecular weight excluding hydrogens is 624 g/mol. The minimum Gasteiger partial charge on any atom is -0.463 e. The largest absolute Gasteiger partial charge is 0.463 e. The monoisotopic (exact) mass is 705 g/mol. The number of hydrogen-bond donors (Lipinski definition) is 2. The van der Waals surface area contributed by atoms with Gasteiger partial charge >= 0.3 is 11.9 Å². The number of allylic oxidation sites excluding steroid dienone is 5. The molecule has 0 bridgehead atoms. The van der Waals surface area contributed by atoms with Crippen LogP contribution in [0.2, 0.25) is 0 Å². The molecule has 0 radical (unpaired) electrons. The predicted molar refractivity (Wildman–Crippen MR) is 211 cm³/mol. The van der Waals surface area contributed by atoms with Gasteiger partial charge in [0.1, 0.15) is 19.3 Å². The van der Waals surface area contributed by atoms with Crippen LogP contribution in [0.3, 0.4) is 0 Å². The topological polar surface area (TPSA) is 93.1 Å². The maximum atomic E-state index is 12.0. The number of aliphatic hydroxyl groups excluding tert-OH is 2. The molecule has 0 heterocycles. The smallest absolute Gasteiger partial charge is 0.305 e. The van der Waals surface area contributed by atoms with Crippen LogP contribution in [0, 0.1) is 5.92 Å². The fourth-order valence-corrected chi connectivity index (χ4v) is 5.89. The molecule has 0 aromatic carbocycles. The zero-order valence-corrected chi connectivity index (χ0v) is 32.9. The molecule has 2 N–H and O–H groups in total. The van der Waals surface area contributed by atoms with Crippen molar-refractivity contribution < 1.29 is 29.3 Å². The molecule has 0 aliphatic carbocycles. The van der Waals surface area contributed by atoms with E-state index in [9.17, 15) is 19.8 Å². The maximum absolute atomic E-state index is 12.0. The standard InChI is InChI=1S/C44H80O6/c1-4-6-7-8-9-10-11-14-18-21-24-27-30-34-41(45)35-32-37-44(48)50-39-42(46)38-49-43(47)36-31-28-25-22-19-16-13-12-15-17-20-23-26-29-33-40(3)5-2/h14,18,24,27,30,34,40-42,45-46H,4-13,15-17,19-23,25-26,28-29,31-33,35-39H2,1-3H3/b18-14+,27-24+,34-30+/t40?,41?,42-/m1/s1. The van der Waals surface area contributed by atoms with E-state index in [2.05, 4.69) is 39.0 Å². The van der Waals surface area contributed by atoms with Gasteiger partial charge in [-0.3, -0.25) is 9.59 Å². The number of hydrogen-bond acceptors (Lipinski definition) is 6. The molecule has 6 heteroatoms. The third kappa shape index (κ3) is 37.3. The van der Waals surface area contributed by atoms with Gasteiger partial charge in [0.05, 0.1) is 6.10 Å². The zero-order chi connectivity index (χ0) is 36.8. The third-order valence-electron chi connectivity index (χ3n) is 9.52. The molecule has 2 unspecified atom stereocenters. The number of carbonyl (C=O) groups is 2. The lowest BCUT2D eigenvalue weighted by Gasteiger charge is -2.12. The van der Waals surface area contributed by atoms with Crippen molar-refractivity contribution in [2.75, 3.05) is 13.2 Å². The van der Waals surface area contributed by atoms with Gasteiger partial charge in [-0.25, -0.2) is 0 Å². The highest BCUT2D eigenvalue weighted by molar-refractivity contribution is 5.69. The van der Waals surface area contributed by atoms with Gasteiger partial charge in [-0.2, -0.15) is 0 Å². The SMILES string of the molecule is CCCCCCCC/C=C/C/C=C/C=C/C(O)CCCC(=O)OC[C@H](O)COC(=O)CCCCCCCCCCCCCCCCC(C)CC. The fraction of sp³-hybridized carbons (Fsp3) is 0.818. The molecule has 0 spiro atoms. The molecular formula is C44H80O6. The summed E-state index contributed by atoms with van der Waals surface area (Å²) in [5.41, 5.74) is 0. The van der Waals surface area contributed by atoms with Crippen molar-refractivity contribution >= 4 is 11.9 Å². The first-order chi connectivity index (χ1) is 24.4. The lowest BCUT2D eigenvalue weighted by atomic mass is 9.99. The fourth-order valence-electron chi connectivity index (χ4n) is 5.89. The summed E-state index contributed by atoms with van der Waals surface area (Å²) in [5.74, 6) is 0.145. The lowest BCUT2D eigenvalue weighted by Crippen LogP contribution is -2.25. The average Bonchev–Trinajstić information content (AvgIpc) is 3.11. The van der Waals surface area contributed by atoms with Crippen LogP contribution in [-0.4, -0.2) is 47.6 Å². The summed E-state index contributed by atoms with van der Waals surface area (Å²) in [6.07, 6.45) is 42.3. The third-order valence-corrected chi connectivity index (χ3v) is 9.52. The van der Waals surface area contributed by atoms with Crippen LogP contribution < -0.4 is 0 Å². The van der Waals surface area contributed by atoms with Gasteiger partial charge in [-0.05, 0) is 44.4 Å². The summed E-state index contributed by atoms with van der Waals surface area (Å²) < 4.78 is 10.3.